The van der Waals surface area contributed by atoms with Crippen molar-refractivity contribution in [3.05, 3.63) is 60.2 Å². The average molecular weight is 354 g/mol. The van der Waals surface area contributed by atoms with Crippen LogP contribution in [0.15, 0.2) is 54.6 Å². The zero-order valence-corrected chi connectivity index (χ0v) is 15.3. The molecule has 5 heteroatoms. The number of rotatable bonds is 7. The SMILES string of the molecule is COc1ccccc1OCC(=O)N1CCN(CCc2ccccc2)CC1. The number of carbonyl (C=O) groups excluding carboxylic acids is 1. The van der Waals surface area contributed by atoms with Crippen LogP contribution in [0.2, 0.25) is 0 Å². The molecule has 138 valence electrons. The van der Waals surface area contributed by atoms with Crippen LogP contribution in [0.3, 0.4) is 0 Å². The van der Waals surface area contributed by atoms with Crippen molar-refractivity contribution in [2.75, 3.05) is 46.4 Å². The molecule has 1 amide bonds. The smallest absolute Gasteiger partial charge is 0.260 e. The van der Waals surface area contributed by atoms with Crippen LogP contribution in [-0.2, 0) is 11.2 Å². The molecule has 5 nitrogen and oxygen atoms in total. The Hall–Kier alpha value is -2.53. The van der Waals surface area contributed by atoms with Crippen molar-refractivity contribution in [1.29, 1.82) is 0 Å². The van der Waals surface area contributed by atoms with E-state index in [-0.39, 0.29) is 12.5 Å². The Balaban J connectivity index is 1.40. The lowest BCUT2D eigenvalue weighted by Crippen LogP contribution is -2.50. The Morgan fingerprint density at radius 1 is 0.923 bits per heavy atom. The molecule has 26 heavy (non-hydrogen) atoms. The van der Waals surface area contributed by atoms with Crippen LogP contribution >= 0.6 is 0 Å². The second-order valence-corrected chi connectivity index (χ2v) is 6.40. The van der Waals surface area contributed by atoms with E-state index in [9.17, 15) is 4.79 Å². The van der Waals surface area contributed by atoms with Gasteiger partial charge in [0, 0.05) is 32.7 Å². The monoisotopic (exact) mass is 354 g/mol. The summed E-state index contributed by atoms with van der Waals surface area (Å²) in [6.07, 6.45) is 1.05. The fourth-order valence-corrected chi connectivity index (χ4v) is 3.12. The van der Waals surface area contributed by atoms with Gasteiger partial charge in [0.05, 0.1) is 7.11 Å². The molecule has 0 unspecified atom stereocenters. The highest BCUT2D eigenvalue weighted by Gasteiger charge is 2.21. The normalized spacial score (nSPS) is 14.9. The quantitative estimate of drug-likeness (QED) is 0.766. The lowest BCUT2D eigenvalue weighted by atomic mass is 10.1. The molecule has 1 aliphatic rings. The highest BCUT2D eigenvalue weighted by Crippen LogP contribution is 2.25. The van der Waals surface area contributed by atoms with Gasteiger partial charge in [-0.3, -0.25) is 9.69 Å². The van der Waals surface area contributed by atoms with Crippen molar-refractivity contribution >= 4 is 5.91 Å². The number of ether oxygens (including phenoxy) is 2. The van der Waals surface area contributed by atoms with E-state index in [4.69, 9.17) is 9.47 Å². The van der Waals surface area contributed by atoms with E-state index in [2.05, 4.69) is 29.2 Å². The Morgan fingerprint density at radius 3 is 2.27 bits per heavy atom. The standard InChI is InChI=1S/C21H26N2O3/c1-25-19-9-5-6-10-20(19)26-17-21(24)23-15-13-22(14-16-23)12-11-18-7-3-2-4-8-18/h2-10H,11-17H2,1H3. The van der Waals surface area contributed by atoms with Crippen LogP contribution < -0.4 is 9.47 Å². The van der Waals surface area contributed by atoms with Crippen LogP contribution in [0.25, 0.3) is 0 Å². The van der Waals surface area contributed by atoms with E-state index < -0.39 is 0 Å². The molecule has 0 radical (unpaired) electrons. The molecule has 0 bridgehead atoms. The van der Waals surface area contributed by atoms with Crippen molar-refractivity contribution in [1.82, 2.24) is 9.80 Å². The molecular weight excluding hydrogens is 328 g/mol. The Labute approximate surface area is 155 Å². The molecular formula is C21H26N2O3. The van der Waals surface area contributed by atoms with E-state index in [1.54, 1.807) is 7.11 Å². The molecule has 0 N–H and O–H groups in total. The zero-order chi connectivity index (χ0) is 18.2. The lowest BCUT2D eigenvalue weighted by molar-refractivity contribution is -0.135. The first kappa shape index (κ1) is 18.3. The van der Waals surface area contributed by atoms with Gasteiger partial charge in [0.25, 0.3) is 5.91 Å². The summed E-state index contributed by atoms with van der Waals surface area (Å²) in [6.45, 7) is 4.40. The van der Waals surface area contributed by atoms with Crippen LogP contribution in [0.5, 0.6) is 11.5 Å². The summed E-state index contributed by atoms with van der Waals surface area (Å²) in [5.74, 6) is 1.27. The van der Waals surface area contributed by atoms with Gasteiger partial charge < -0.3 is 14.4 Å². The number of hydrogen-bond donors (Lipinski definition) is 0. The van der Waals surface area contributed by atoms with Crippen molar-refractivity contribution in [3.8, 4) is 11.5 Å². The van der Waals surface area contributed by atoms with Crippen molar-refractivity contribution < 1.29 is 14.3 Å². The third-order valence-electron chi connectivity index (χ3n) is 4.70. The zero-order valence-electron chi connectivity index (χ0n) is 15.3. The third-order valence-corrected chi connectivity index (χ3v) is 4.70. The van der Waals surface area contributed by atoms with Crippen LogP contribution in [0, 0.1) is 0 Å². The van der Waals surface area contributed by atoms with Gasteiger partial charge >= 0.3 is 0 Å². The number of piperazine rings is 1. The van der Waals surface area contributed by atoms with Gasteiger partial charge in [0.15, 0.2) is 18.1 Å². The predicted octanol–water partition coefficient (Wildman–Crippen LogP) is 2.46. The Kier molecular flexibility index (Phi) is 6.50. The number of amides is 1. The average Bonchev–Trinajstić information content (AvgIpc) is 2.72. The summed E-state index contributed by atoms with van der Waals surface area (Å²) in [5, 5.41) is 0. The third kappa shape index (κ3) is 4.99. The van der Waals surface area contributed by atoms with Gasteiger partial charge in [-0.1, -0.05) is 42.5 Å². The maximum Gasteiger partial charge on any atom is 0.260 e. The maximum absolute atomic E-state index is 12.4. The molecule has 0 atom stereocenters. The van der Waals surface area contributed by atoms with E-state index in [1.807, 2.05) is 35.2 Å². The molecule has 0 aromatic heterocycles. The minimum absolute atomic E-state index is 0.0265. The van der Waals surface area contributed by atoms with Gasteiger partial charge in [-0.25, -0.2) is 0 Å². The summed E-state index contributed by atoms with van der Waals surface area (Å²) >= 11 is 0. The van der Waals surface area contributed by atoms with Crippen molar-refractivity contribution in [2.24, 2.45) is 0 Å². The molecule has 1 heterocycles. The van der Waals surface area contributed by atoms with Gasteiger partial charge in [0.2, 0.25) is 0 Å². The van der Waals surface area contributed by atoms with Gasteiger partial charge in [0.1, 0.15) is 0 Å². The molecule has 1 fully saturated rings. The number of nitrogens with zero attached hydrogens (tertiary/aromatic N) is 2. The molecule has 1 aliphatic heterocycles. The maximum atomic E-state index is 12.4. The molecule has 2 aromatic rings. The van der Waals surface area contributed by atoms with Gasteiger partial charge in [-0.05, 0) is 24.1 Å². The largest absolute Gasteiger partial charge is 0.493 e. The van der Waals surface area contributed by atoms with E-state index in [1.165, 1.54) is 5.56 Å². The Bertz CT molecular complexity index is 697. The summed E-state index contributed by atoms with van der Waals surface area (Å²) in [4.78, 5) is 16.7. The highest BCUT2D eigenvalue weighted by atomic mass is 16.5. The second kappa shape index (κ2) is 9.25. The molecule has 0 saturated carbocycles. The first-order valence-corrected chi connectivity index (χ1v) is 9.06. The van der Waals surface area contributed by atoms with Crippen molar-refractivity contribution in [2.45, 2.75) is 6.42 Å². The van der Waals surface area contributed by atoms with Gasteiger partial charge in [-0.15, -0.1) is 0 Å². The lowest BCUT2D eigenvalue weighted by Gasteiger charge is -2.34. The topological polar surface area (TPSA) is 42.0 Å². The van der Waals surface area contributed by atoms with Crippen molar-refractivity contribution in [3.63, 3.8) is 0 Å². The minimum atomic E-state index is 0.0265. The summed E-state index contributed by atoms with van der Waals surface area (Å²) in [7, 11) is 1.60. The first-order chi connectivity index (χ1) is 12.8. The minimum Gasteiger partial charge on any atom is -0.493 e. The first-order valence-electron chi connectivity index (χ1n) is 9.06. The summed E-state index contributed by atoms with van der Waals surface area (Å²) < 4.78 is 10.9. The number of hydrogen-bond acceptors (Lipinski definition) is 4. The van der Waals surface area contributed by atoms with Crippen LogP contribution in [0.1, 0.15) is 5.56 Å². The molecule has 3 rings (SSSR count). The summed E-state index contributed by atoms with van der Waals surface area (Å²) in [5.41, 5.74) is 1.36. The number of benzene rings is 2. The molecule has 0 spiro atoms. The fraction of sp³-hybridized carbons (Fsp3) is 0.381. The summed E-state index contributed by atoms with van der Waals surface area (Å²) in [6, 6.07) is 17.9. The van der Waals surface area contributed by atoms with E-state index in [0.717, 1.165) is 39.1 Å². The molecule has 0 aliphatic carbocycles. The van der Waals surface area contributed by atoms with E-state index in [0.29, 0.717) is 11.5 Å². The van der Waals surface area contributed by atoms with E-state index >= 15 is 0 Å². The molecule has 1 saturated heterocycles. The predicted molar refractivity (Wildman–Crippen MR) is 102 cm³/mol. The van der Waals surface area contributed by atoms with Crippen LogP contribution in [-0.4, -0.2) is 62.1 Å². The number of para-hydroxylation sites is 2. The fourth-order valence-electron chi connectivity index (χ4n) is 3.12. The van der Waals surface area contributed by atoms with Crippen LogP contribution in [0.4, 0.5) is 0 Å². The molecule has 2 aromatic carbocycles. The highest BCUT2D eigenvalue weighted by molar-refractivity contribution is 5.78. The number of methoxy groups -OCH3 is 1. The van der Waals surface area contributed by atoms with Gasteiger partial charge in [-0.2, -0.15) is 0 Å². The second-order valence-electron chi connectivity index (χ2n) is 6.40. The number of carbonyl (C=O) groups is 1. The Morgan fingerprint density at radius 2 is 1.58 bits per heavy atom.